The lowest BCUT2D eigenvalue weighted by atomic mass is 10.00. The van der Waals surface area contributed by atoms with Crippen LogP contribution in [0.25, 0.3) is 0 Å². The zero-order valence-electron chi connectivity index (χ0n) is 11.7. The molecule has 0 aliphatic carbocycles. The van der Waals surface area contributed by atoms with Crippen molar-refractivity contribution in [1.29, 1.82) is 0 Å². The quantitative estimate of drug-likeness (QED) is 0.406. The van der Waals surface area contributed by atoms with Crippen LogP contribution in [0.15, 0.2) is 0 Å². The molecule has 1 rings (SSSR count). The van der Waals surface area contributed by atoms with Crippen LogP contribution in [-0.4, -0.2) is 53.2 Å². The first-order valence-corrected chi connectivity index (χ1v) is 7.60. The Hall–Kier alpha value is -0.860. The van der Waals surface area contributed by atoms with Gasteiger partial charge in [-0.2, -0.15) is 0 Å². The van der Waals surface area contributed by atoms with E-state index in [0.29, 0.717) is 0 Å². The van der Waals surface area contributed by atoms with Crippen LogP contribution >= 0.6 is 27.5 Å². The maximum absolute atomic E-state index is 11.4. The molecule has 9 heteroatoms. The van der Waals surface area contributed by atoms with Crippen LogP contribution in [0.5, 0.6) is 0 Å². The number of rotatable bonds is 4. The Labute approximate surface area is 135 Å². The maximum atomic E-state index is 11.4. The van der Waals surface area contributed by atoms with Gasteiger partial charge in [0.1, 0.15) is 5.88 Å². The Morgan fingerprint density at radius 2 is 1.57 bits per heavy atom. The van der Waals surface area contributed by atoms with Gasteiger partial charge in [0.05, 0.1) is 6.10 Å². The molecule has 1 aliphatic rings. The number of carbonyl (C=O) groups excluding carboxylic acids is 3. The lowest BCUT2D eigenvalue weighted by Gasteiger charge is -2.41. The summed E-state index contributed by atoms with van der Waals surface area (Å²) in [5, 5.41) is -0.726. The van der Waals surface area contributed by atoms with Gasteiger partial charge in [0, 0.05) is 13.8 Å². The number of halogens is 2. The highest BCUT2D eigenvalue weighted by atomic mass is 79.9. The van der Waals surface area contributed by atoms with Crippen LogP contribution in [0.2, 0.25) is 0 Å². The summed E-state index contributed by atoms with van der Waals surface area (Å²) in [4.78, 5) is 33.9. The van der Waals surface area contributed by atoms with E-state index in [1.54, 1.807) is 6.92 Å². The van der Waals surface area contributed by atoms with E-state index in [-0.39, 0.29) is 5.88 Å². The van der Waals surface area contributed by atoms with E-state index in [4.69, 9.17) is 30.5 Å². The molecular weight excluding hydrogens is 371 g/mol. The van der Waals surface area contributed by atoms with Gasteiger partial charge < -0.3 is 18.9 Å². The van der Waals surface area contributed by atoms with E-state index < -0.39 is 47.3 Å². The number of hydrogen-bond acceptors (Lipinski definition) is 7. The summed E-state index contributed by atoms with van der Waals surface area (Å²) in [5.41, 5.74) is 0. The third-order valence-electron chi connectivity index (χ3n) is 2.69. The highest BCUT2D eigenvalue weighted by Crippen LogP contribution is 2.31. The van der Waals surface area contributed by atoms with Crippen molar-refractivity contribution in [2.24, 2.45) is 0 Å². The van der Waals surface area contributed by atoms with Gasteiger partial charge in [-0.1, -0.05) is 15.9 Å². The Bertz CT molecular complexity index is 416. The lowest BCUT2D eigenvalue weighted by Crippen LogP contribution is -2.59. The van der Waals surface area contributed by atoms with Crippen molar-refractivity contribution >= 4 is 45.4 Å². The summed E-state index contributed by atoms with van der Waals surface area (Å²) in [6.45, 7) is 4.07. The first-order chi connectivity index (χ1) is 9.76. The van der Waals surface area contributed by atoms with Crippen molar-refractivity contribution in [3.8, 4) is 0 Å². The SMILES string of the molecule is CC(=O)O[C@@H]1[C@@H](OC(C)=O)[C@H](C)O[C@@H](Br)[C@H]1OC(=O)CCl. The molecule has 0 unspecified atom stereocenters. The summed E-state index contributed by atoms with van der Waals surface area (Å²) in [7, 11) is 0. The first-order valence-electron chi connectivity index (χ1n) is 6.15. The smallest absolute Gasteiger partial charge is 0.321 e. The maximum Gasteiger partial charge on any atom is 0.321 e. The van der Waals surface area contributed by atoms with Crippen LogP contribution in [0.4, 0.5) is 0 Å². The molecule has 0 aromatic heterocycles. The number of carbonyl (C=O) groups is 3. The fraction of sp³-hybridized carbons (Fsp3) is 0.750. The van der Waals surface area contributed by atoms with Gasteiger partial charge in [0.15, 0.2) is 23.3 Å². The summed E-state index contributed by atoms with van der Waals surface area (Å²) in [6.07, 6.45) is -3.44. The van der Waals surface area contributed by atoms with Crippen molar-refractivity contribution in [2.75, 3.05) is 5.88 Å². The normalized spacial score (nSPS) is 32.1. The van der Waals surface area contributed by atoms with Gasteiger partial charge in [-0.3, -0.25) is 14.4 Å². The van der Waals surface area contributed by atoms with Crippen molar-refractivity contribution in [1.82, 2.24) is 0 Å². The molecule has 0 saturated carbocycles. The molecule has 120 valence electrons. The highest BCUT2D eigenvalue weighted by Gasteiger charge is 2.49. The zero-order chi connectivity index (χ0) is 16.2. The molecule has 7 nitrogen and oxygen atoms in total. The molecular formula is C12H16BrClO7. The van der Waals surface area contributed by atoms with Crippen molar-refractivity contribution in [3.63, 3.8) is 0 Å². The second-order valence-corrected chi connectivity index (χ2v) is 5.60. The monoisotopic (exact) mass is 386 g/mol. The predicted octanol–water partition coefficient (Wildman–Crippen LogP) is 1.14. The second-order valence-electron chi connectivity index (χ2n) is 4.43. The number of alkyl halides is 2. The van der Waals surface area contributed by atoms with Gasteiger partial charge >= 0.3 is 17.9 Å². The largest absolute Gasteiger partial charge is 0.456 e. The minimum Gasteiger partial charge on any atom is -0.456 e. The van der Waals surface area contributed by atoms with E-state index in [9.17, 15) is 14.4 Å². The predicted molar refractivity (Wildman–Crippen MR) is 75.0 cm³/mol. The van der Waals surface area contributed by atoms with Crippen LogP contribution in [-0.2, 0) is 33.3 Å². The molecule has 0 amide bonds. The standard InChI is InChI=1S/C12H16BrClO7/c1-5-9(19-6(2)15)10(20-7(3)16)11(12(13)18-5)21-8(17)4-14/h5,9-12H,4H2,1-3H3/t5-,9-,10+,11-,12+/m0/s1. The lowest BCUT2D eigenvalue weighted by molar-refractivity contribution is -0.227. The summed E-state index contributed by atoms with van der Waals surface area (Å²) < 4.78 is 20.9. The topological polar surface area (TPSA) is 88.1 Å². The molecule has 0 spiro atoms. The van der Waals surface area contributed by atoms with Crippen LogP contribution in [0.3, 0.4) is 0 Å². The molecule has 1 fully saturated rings. The fourth-order valence-electron chi connectivity index (χ4n) is 1.95. The molecule has 1 saturated heterocycles. The highest BCUT2D eigenvalue weighted by molar-refractivity contribution is 9.09. The Balaban J connectivity index is 3.01. The summed E-state index contributed by atoms with van der Waals surface area (Å²) >= 11 is 8.60. The number of esters is 3. The minimum absolute atomic E-state index is 0.364. The Morgan fingerprint density at radius 1 is 1.05 bits per heavy atom. The van der Waals surface area contributed by atoms with E-state index in [1.807, 2.05) is 0 Å². The van der Waals surface area contributed by atoms with Crippen LogP contribution in [0.1, 0.15) is 20.8 Å². The van der Waals surface area contributed by atoms with Crippen molar-refractivity contribution in [3.05, 3.63) is 0 Å². The molecule has 0 bridgehead atoms. The molecule has 5 atom stereocenters. The van der Waals surface area contributed by atoms with Gasteiger partial charge in [0.2, 0.25) is 0 Å². The van der Waals surface area contributed by atoms with E-state index >= 15 is 0 Å². The third-order valence-corrected chi connectivity index (χ3v) is 3.65. The second kappa shape index (κ2) is 7.95. The molecule has 1 aliphatic heterocycles. The van der Waals surface area contributed by atoms with Gasteiger partial charge in [-0.05, 0) is 6.92 Å². The molecule has 1 heterocycles. The average molecular weight is 388 g/mol. The van der Waals surface area contributed by atoms with Gasteiger partial charge in [0.25, 0.3) is 0 Å². The van der Waals surface area contributed by atoms with Crippen LogP contribution < -0.4 is 0 Å². The summed E-state index contributed by atoms with van der Waals surface area (Å²) in [5.74, 6) is -2.24. The van der Waals surface area contributed by atoms with Gasteiger partial charge in [-0.15, -0.1) is 11.6 Å². The molecule has 0 aromatic carbocycles. The molecule has 21 heavy (non-hydrogen) atoms. The van der Waals surface area contributed by atoms with E-state index in [0.717, 1.165) is 0 Å². The molecule has 0 aromatic rings. The van der Waals surface area contributed by atoms with Crippen molar-refractivity contribution in [2.45, 2.75) is 50.2 Å². The van der Waals surface area contributed by atoms with Crippen LogP contribution in [0, 0.1) is 0 Å². The Morgan fingerprint density at radius 3 is 2.05 bits per heavy atom. The summed E-state index contributed by atoms with van der Waals surface area (Å²) in [6, 6.07) is 0. The minimum atomic E-state index is -0.994. The Kier molecular flexibility index (Phi) is 6.89. The van der Waals surface area contributed by atoms with E-state index in [2.05, 4.69) is 15.9 Å². The number of ether oxygens (including phenoxy) is 4. The van der Waals surface area contributed by atoms with Gasteiger partial charge in [-0.25, -0.2) is 0 Å². The van der Waals surface area contributed by atoms with Crippen molar-refractivity contribution < 1.29 is 33.3 Å². The first kappa shape index (κ1) is 18.2. The average Bonchev–Trinajstić information content (AvgIpc) is 2.37. The third kappa shape index (κ3) is 5.12. The zero-order valence-corrected chi connectivity index (χ0v) is 14.0. The number of hydrogen-bond donors (Lipinski definition) is 0. The molecule has 0 N–H and O–H groups in total. The molecule has 0 radical (unpaired) electrons. The van der Waals surface area contributed by atoms with E-state index in [1.165, 1.54) is 13.8 Å². The fourth-order valence-corrected chi connectivity index (χ4v) is 2.76.